The van der Waals surface area contributed by atoms with Crippen LogP contribution in [-0.4, -0.2) is 3.23 Å². The highest BCUT2D eigenvalue weighted by Gasteiger charge is 2.28. The molecule has 0 aliphatic heterocycles. The van der Waals surface area contributed by atoms with Crippen LogP contribution >= 0.6 is 31.9 Å². The standard InChI is InChI=1S/C14H12Br2/c15-14(16)11-5-4-8-13(14)10-9-12-6-2-1-3-7-12/h1-11,13H. The van der Waals surface area contributed by atoms with Gasteiger partial charge in [-0.25, -0.2) is 0 Å². The molecule has 0 amide bonds. The molecule has 1 aromatic rings. The molecule has 0 saturated carbocycles. The van der Waals surface area contributed by atoms with Crippen LogP contribution in [0.1, 0.15) is 5.56 Å². The Kier molecular flexibility index (Phi) is 3.82. The number of hydrogen-bond acceptors (Lipinski definition) is 0. The molecule has 0 bridgehead atoms. The van der Waals surface area contributed by atoms with Gasteiger partial charge in [-0.3, -0.25) is 0 Å². The summed E-state index contributed by atoms with van der Waals surface area (Å²) in [6, 6.07) is 10.3. The Morgan fingerprint density at radius 3 is 2.50 bits per heavy atom. The van der Waals surface area contributed by atoms with E-state index in [1.54, 1.807) is 0 Å². The van der Waals surface area contributed by atoms with Crippen LogP contribution in [-0.2, 0) is 0 Å². The van der Waals surface area contributed by atoms with Crippen molar-refractivity contribution in [2.24, 2.45) is 5.92 Å². The summed E-state index contributed by atoms with van der Waals surface area (Å²) in [7, 11) is 0. The molecular formula is C14H12Br2. The van der Waals surface area contributed by atoms with Crippen molar-refractivity contribution in [2.75, 3.05) is 0 Å². The van der Waals surface area contributed by atoms with Crippen LogP contribution < -0.4 is 0 Å². The lowest BCUT2D eigenvalue weighted by Gasteiger charge is -2.24. The summed E-state index contributed by atoms with van der Waals surface area (Å²) in [5, 5.41) is 0. The van der Waals surface area contributed by atoms with E-state index in [4.69, 9.17) is 0 Å². The van der Waals surface area contributed by atoms with Crippen molar-refractivity contribution in [2.45, 2.75) is 3.23 Å². The maximum Gasteiger partial charge on any atom is 0.108 e. The Labute approximate surface area is 113 Å². The lowest BCUT2D eigenvalue weighted by atomic mass is 9.99. The zero-order valence-electron chi connectivity index (χ0n) is 8.68. The molecule has 0 aromatic heterocycles. The molecule has 0 nitrogen and oxygen atoms in total. The molecule has 2 rings (SSSR count). The average Bonchev–Trinajstić information content (AvgIpc) is 2.28. The third kappa shape index (κ3) is 2.96. The summed E-state index contributed by atoms with van der Waals surface area (Å²) in [5.41, 5.74) is 1.22. The molecule has 1 aliphatic carbocycles. The van der Waals surface area contributed by atoms with Crippen molar-refractivity contribution in [3.63, 3.8) is 0 Å². The van der Waals surface area contributed by atoms with Crippen LogP contribution in [0.5, 0.6) is 0 Å². The molecule has 16 heavy (non-hydrogen) atoms. The van der Waals surface area contributed by atoms with Gasteiger partial charge in [0, 0.05) is 5.92 Å². The molecule has 82 valence electrons. The van der Waals surface area contributed by atoms with E-state index in [9.17, 15) is 0 Å². The van der Waals surface area contributed by atoms with E-state index in [0.29, 0.717) is 5.92 Å². The average molecular weight is 340 g/mol. The van der Waals surface area contributed by atoms with Gasteiger partial charge < -0.3 is 0 Å². The smallest absolute Gasteiger partial charge is 0.0751 e. The Morgan fingerprint density at radius 2 is 1.81 bits per heavy atom. The van der Waals surface area contributed by atoms with E-state index < -0.39 is 0 Å². The zero-order chi connectivity index (χ0) is 11.4. The number of hydrogen-bond donors (Lipinski definition) is 0. The van der Waals surface area contributed by atoms with Crippen LogP contribution in [0.3, 0.4) is 0 Å². The maximum atomic E-state index is 3.66. The quantitative estimate of drug-likeness (QED) is 0.670. The summed E-state index contributed by atoms with van der Waals surface area (Å²) in [4.78, 5) is 0. The van der Waals surface area contributed by atoms with Gasteiger partial charge in [0.05, 0.1) is 0 Å². The lowest BCUT2D eigenvalue weighted by Crippen LogP contribution is -2.19. The van der Waals surface area contributed by atoms with Gasteiger partial charge in [-0.05, 0) is 5.56 Å². The fourth-order valence-corrected chi connectivity index (χ4v) is 2.49. The zero-order valence-corrected chi connectivity index (χ0v) is 11.9. The van der Waals surface area contributed by atoms with Gasteiger partial charge in [-0.1, -0.05) is 98.6 Å². The SMILES string of the molecule is BrC1(Br)C=CC=CC1C=Cc1ccccc1. The maximum absolute atomic E-state index is 3.66. The van der Waals surface area contributed by atoms with E-state index in [0.717, 1.165) is 0 Å². The van der Waals surface area contributed by atoms with Gasteiger partial charge in [0.2, 0.25) is 0 Å². The second-order valence-corrected chi connectivity index (χ2v) is 7.40. The summed E-state index contributed by atoms with van der Waals surface area (Å²) in [6.07, 6.45) is 12.7. The molecule has 1 unspecified atom stereocenters. The normalized spacial score (nSPS) is 22.8. The highest BCUT2D eigenvalue weighted by atomic mass is 79.9. The third-order valence-corrected chi connectivity index (χ3v) is 4.07. The van der Waals surface area contributed by atoms with Crippen LogP contribution in [0.15, 0.2) is 60.7 Å². The van der Waals surface area contributed by atoms with Gasteiger partial charge >= 0.3 is 0 Å². The minimum Gasteiger partial charge on any atom is -0.0751 e. The van der Waals surface area contributed by atoms with Crippen molar-refractivity contribution in [1.82, 2.24) is 0 Å². The van der Waals surface area contributed by atoms with Crippen LogP contribution in [0, 0.1) is 5.92 Å². The molecule has 1 atom stereocenters. The molecule has 0 saturated heterocycles. The van der Waals surface area contributed by atoms with Gasteiger partial charge in [-0.15, -0.1) is 0 Å². The second-order valence-electron chi connectivity index (χ2n) is 3.71. The Bertz CT molecular complexity index is 427. The largest absolute Gasteiger partial charge is 0.108 e. The van der Waals surface area contributed by atoms with Crippen molar-refractivity contribution in [1.29, 1.82) is 0 Å². The molecule has 0 heterocycles. The first-order valence-corrected chi connectivity index (χ1v) is 6.74. The van der Waals surface area contributed by atoms with Crippen LogP contribution in [0.2, 0.25) is 0 Å². The molecule has 1 aromatic carbocycles. The van der Waals surface area contributed by atoms with Crippen molar-refractivity contribution in [3.05, 3.63) is 66.3 Å². The predicted molar refractivity (Wildman–Crippen MR) is 77.8 cm³/mol. The molecule has 1 aliphatic rings. The third-order valence-electron chi connectivity index (χ3n) is 2.49. The molecule has 0 fully saturated rings. The molecule has 0 N–H and O–H groups in total. The van der Waals surface area contributed by atoms with E-state index in [1.807, 2.05) is 24.3 Å². The predicted octanol–water partition coefficient (Wildman–Crippen LogP) is 4.93. The number of benzene rings is 1. The fourth-order valence-electron chi connectivity index (χ4n) is 1.58. The first-order valence-electron chi connectivity index (χ1n) is 5.15. The summed E-state index contributed by atoms with van der Waals surface area (Å²) >= 11 is 7.32. The first-order chi connectivity index (χ1) is 7.68. The van der Waals surface area contributed by atoms with Crippen molar-refractivity contribution < 1.29 is 0 Å². The molecular weight excluding hydrogens is 328 g/mol. The van der Waals surface area contributed by atoms with Gasteiger partial charge in [0.15, 0.2) is 0 Å². The molecule has 0 spiro atoms. The minimum absolute atomic E-state index is 0.153. The summed E-state index contributed by atoms with van der Waals surface area (Å²) < 4.78 is -0.153. The highest BCUT2D eigenvalue weighted by molar-refractivity contribution is 9.25. The van der Waals surface area contributed by atoms with Gasteiger partial charge in [0.25, 0.3) is 0 Å². The fraction of sp³-hybridized carbons (Fsp3) is 0.143. The Balaban J connectivity index is 2.13. The van der Waals surface area contributed by atoms with Gasteiger partial charge in [-0.2, -0.15) is 0 Å². The van der Waals surface area contributed by atoms with Gasteiger partial charge in [0.1, 0.15) is 3.23 Å². The topological polar surface area (TPSA) is 0 Å². The van der Waals surface area contributed by atoms with E-state index in [1.165, 1.54) is 5.56 Å². The second kappa shape index (κ2) is 5.15. The van der Waals surface area contributed by atoms with E-state index >= 15 is 0 Å². The summed E-state index contributed by atoms with van der Waals surface area (Å²) in [6.45, 7) is 0. The summed E-state index contributed by atoms with van der Waals surface area (Å²) in [5.74, 6) is 0.317. The van der Waals surface area contributed by atoms with E-state index in [2.05, 4.69) is 74.4 Å². The Morgan fingerprint density at radius 1 is 1.06 bits per heavy atom. The molecule has 2 heteroatoms. The highest BCUT2D eigenvalue weighted by Crippen LogP contribution is 2.40. The number of halogens is 2. The number of allylic oxidation sites excluding steroid dienone is 5. The van der Waals surface area contributed by atoms with Crippen LogP contribution in [0.4, 0.5) is 0 Å². The van der Waals surface area contributed by atoms with Crippen molar-refractivity contribution >= 4 is 37.9 Å². The number of rotatable bonds is 2. The first kappa shape index (κ1) is 11.9. The van der Waals surface area contributed by atoms with Crippen molar-refractivity contribution in [3.8, 4) is 0 Å². The minimum atomic E-state index is -0.153. The van der Waals surface area contributed by atoms with E-state index in [-0.39, 0.29) is 3.23 Å². The number of alkyl halides is 2. The van der Waals surface area contributed by atoms with Crippen LogP contribution in [0.25, 0.3) is 6.08 Å². The monoisotopic (exact) mass is 338 g/mol. The lowest BCUT2D eigenvalue weighted by molar-refractivity contribution is 0.821. The molecule has 0 radical (unpaired) electrons. The Hall–Kier alpha value is -0.600.